The van der Waals surface area contributed by atoms with Crippen LogP contribution in [0.1, 0.15) is 19.3 Å². The molecule has 2 amide bonds. The van der Waals surface area contributed by atoms with Crippen molar-refractivity contribution in [3.05, 3.63) is 0 Å². The number of amides is 2. The van der Waals surface area contributed by atoms with E-state index in [-0.39, 0.29) is 63.9 Å². The summed E-state index contributed by atoms with van der Waals surface area (Å²) in [5.74, 6) is -3.66. The second-order valence-corrected chi connectivity index (χ2v) is 7.54. The van der Waals surface area contributed by atoms with Gasteiger partial charge in [0.15, 0.2) is 0 Å². The number of carbonyl (C=O) groups is 5. The van der Waals surface area contributed by atoms with Gasteiger partial charge in [0, 0.05) is 58.2 Å². The molecule has 168 valence electrons. The van der Waals surface area contributed by atoms with Crippen molar-refractivity contribution in [2.24, 2.45) is 0 Å². The van der Waals surface area contributed by atoms with E-state index >= 15 is 0 Å². The van der Waals surface area contributed by atoms with Gasteiger partial charge < -0.3 is 15.3 Å². The van der Waals surface area contributed by atoms with Crippen LogP contribution in [0.25, 0.3) is 0 Å². The maximum atomic E-state index is 11.9. The average Bonchev–Trinajstić information content (AvgIpc) is 2.98. The molecule has 0 aromatic rings. The molecule has 0 spiro atoms. The van der Waals surface area contributed by atoms with E-state index in [4.69, 9.17) is 5.11 Å². The molecule has 12 heteroatoms. The molecule has 2 saturated heterocycles. The molecule has 2 rings (SSSR count). The van der Waals surface area contributed by atoms with E-state index in [0.717, 1.165) is 0 Å². The maximum Gasteiger partial charge on any atom is 0.317 e. The van der Waals surface area contributed by atoms with Crippen molar-refractivity contribution < 1.29 is 39.3 Å². The summed E-state index contributed by atoms with van der Waals surface area (Å²) in [4.78, 5) is 63.7. The zero-order chi connectivity index (χ0) is 22.3. The van der Waals surface area contributed by atoms with E-state index < -0.39 is 23.9 Å². The number of likely N-dealkylation sites (tertiary alicyclic amines) is 1. The Kier molecular flexibility index (Phi) is 8.69. The molecule has 2 fully saturated rings. The molecular formula is C18H28N4O8. The lowest BCUT2D eigenvalue weighted by Crippen LogP contribution is -2.49. The zero-order valence-corrected chi connectivity index (χ0v) is 16.7. The third kappa shape index (κ3) is 7.35. The van der Waals surface area contributed by atoms with Crippen LogP contribution in [0.2, 0.25) is 0 Å². The van der Waals surface area contributed by atoms with E-state index in [1.807, 2.05) is 0 Å². The van der Waals surface area contributed by atoms with Gasteiger partial charge in [-0.25, -0.2) is 0 Å². The van der Waals surface area contributed by atoms with Crippen molar-refractivity contribution >= 4 is 29.7 Å². The van der Waals surface area contributed by atoms with Crippen molar-refractivity contribution in [2.45, 2.75) is 25.3 Å². The van der Waals surface area contributed by atoms with Crippen molar-refractivity contribution in [1.82, 2.24) is 19.6 Å². The Morgan fingerprint density at radius 2 is 1.27 bits per heavy atom. The first-order valence-electron chi connectivity index (χ1n) is 9.83. The summed E-state index contributed by atoms with van der Waals surface area (Å²) in [6, 6.07) is -0.411. The quantitative estimate of drug-likeness (QED) is 0.351. The second-order valence-electron chi connectivity index (χ2n) is 7.54. The lowest BCUT2D eigenvalue weighted by Gasteiger charge is -2.34. The molecule has 0 bridgehead atoms. The summed E-state index contributed by atoms with van der Waals surface area (Å²) >= 11 is 0. The van der Waals surface area contributed by atoms with Crippen molar-refractivity contribution in [1.29, 1.82) is 0 Å². The van der Waals surface area contributed by atoms with Gasteiger partial charge in [0.2, 0.25) is 11.8 Å². The molecule has 1 atom stereocenters. The number of imide groups is 1. The number of carbonyl (C=O) groups excluding carboxylic acids is 2. The molecule has 2 aliphatic rings. The van der Waals surface area contributed by atoms with Gasteiger partial charge in [0.1, 0.15) is 0 Å². The van der Waals surface area contributed by atoms with Crippen molar-refractivity contribution in [2.75, 3.05) is 58.9 Å². The topological polar surface area (TPSA) is 159 Å². The second kappa shape index (κ2) is 11.0. The predicted molar refractivity (Wildman–Crippen MR) is 102 cm³/mol. The third-order valence-corrected chi connectivity index (χ3v) is 5.32. The van der Waals surface area contributed by atoms with Crippen LogP contribution in [0.15, 0.2) is 0 Å². The predicted octanol–water partition coefficient (Wildman–Crippen LogP) is -1.93. The van der Waals surface area contributed by atoms with Gasteiger partial charge in [-0.2, -0.15) is 0 Å². The molecule has 30 heavy (non-hydrogen) atoms. The first kappa shape index (κ1) is 23.7. The van der Waals surface area contributed by atoms with Gasteiger partial charge in [-0.1, -0.05) is 0 Å². The molecule has 3 N–H and O–H groups in total. The maximum absolute atomic E-state index is 11.9. The van der Waals surface area contributed by atoms with Crippen LogP contribution in [-0.4, -0.2) is 130 Å². The van der Waals surface area contributed by atoms with E-state index in [9.17, 15) is 34.2 Å². The van der Waals surface area contributed by atoms with Crippen LogP contribution < -0.4 is 0 Å². The summed E-state index contributed by atoms with van der Waals surface area (Å²) in [6.07, 6.45) is 0.634. The van der Waals surface area contributed by atoms with Crippen molar-refractivity contribution in [3.63, 3.8) is 0 Å². The van der Waals surface area contributed by atoms with E-state index in [2.05, 4.69) is 0 Å². The van der Waals surface area contributed by atoms with Gasteiger partial charge in [-0.05, 0) is 6.42 Å². The number of hydrogen-bond acceptors (Lipinski definition) is 8. The largest absolute Gasteiger partial charge is 0.480 e. The normalized spacial score (nSPS) is 22.5. The number of rotatable bonds is 9. The lowest BCUT2D eigenvalue weighted by molar-refractivity contribution is -0.141. The first-order chi connectivity index (χ1) is 14.2. The summed E-state index contributed by atoms with van der Waals surface area (Å²) in [5.41, 5.74) is 0. The summed E-state index contributed by atoms with van der Waals surface area (Å²) < 4.78 is 0. The fourth-order valence-corrected chi connectivity index (χ4v) is 3.84. The third-order valence-electron chi connectivity index (χ3n) is 5.32. The summed E-state index contributed by atoms with van der Waals surface area (Å²) in [5, 5.41) is 27.7. The molecule has 1 unspecified atom stereocenters. The van der Waals surface area contributed by atoms with Gasteiger partial charge >= 0.3 is 17.9 Å². The SMILES string of the molecule is O=C(O)CN1CCN(CC(=O)O)CC(CCN2C(=O)CCC2=O)N(CC(=O)O)CC1. The monoisotopic (exact) mass is 428 g/mol. The van der Waals surface area contributed by atoms with Crippen molar-refractivity contribution in [3.8, 4) is 0 Å². The Balaban J connectivity index is 2.19. The Labute approximate surface area is 173 Å². The highest BCUT2D eigenvalue weighted by molar-refractivity contribution is 6.01. The minimum absolute atomic E-state index is 0.137. The average molecular weight is 428 g/mol. The summed E-state index contributed by atoms with van der Waals surface area (Å²) in [6.45, 7) is 0.757. The van der Waals surface area contributed by atoms with Crippen LogP contribution in [0.3, 0.4) is 0 Å². The first-order valence-corrected chi connectivity index (χ1v) is 9.83. The molecule has 12 nitrogen and oxygen atoms in total. The fourth-order valence-electron chi connectivity index (χ4n) is 3.84. The van der Waals surface area contributed by atoms with E-state index in [1.165, 1.54) is 4.90 Å². The zero-order valence-electron chi connectivity index (χ0n) is 16.7. The minimum atomic E-state index is -1.07. The summed E-state index contributed by atoms with van der Waals surface area (Å²) in [7, 11) is 0. The van der Waals surface area contributed by atoms with Crippen LogP contribution in [0.5, 0.6) is 0 Å². The number of carboxylic acid groups (broad SMARTS) is 3. The molecule has 2 aliphatic heterocycles. The molecule has 0 radical (unpaired) electrons. The molecule has 0 aliphatic carbocycles. The number of hydrogen-bond donors (Lipinski definition) is 3. The number of nitrogens with zero attached hydrogens (tertiary/aromatic N) is 4. The molecular weight excluding hydrogens is 400 g/mol. The Morgan fingerprint density at radius 3 is 1.83 bits per heavy atom. The number of carboxylic acids is 3. The van der Waals surface area contributed by atoms with Crippen LogP contribution in [-0.2, 0) is 24.0 Å². The van der Waals surface area contributed by atoms with E-state index in [1.54, 1.807) is 14.7 Å². The van der Waals surface area contributed by atoms with Gasteiger partial charge in [0.25, 0.3) is 0 Å². The van der Waals surface area contributed by atoms with E-state index in [0.29, 0.717) is 26.1 Å². The highest BCUT2D eigenvalue weighted by Crippen LogP contribution is 2.16. The Bertz CT molecular complexity index is 669. The van der Waals surface area contributed by atoms with Crippen LogP contribution in [0, 0.1) is 0 Å². The smallest absolute Gasteiger partial charge is 0.317 e. The Morgan fingerprint density at radius 1 is 0.767 bits per heavy atom. The highest BCUT2D eigenvalue weighted by Gasteiger charge is 2.32. The van der Waals surface area contributed by atoms with Gasteiger partial charge in [0.05, 0.1) is 19.6 Å². The minimum Gasteiger partial charge on any atom is -0.480 e. The van der Waals surface area contributed by atoms with Gasteiger partial charge in [-0.3, -0.25) is 43.6 Å². The molecule has 0 saturated carbocycles. The van der Waals surface area contributed by atoms with Crippen LogP contribution >= 0.6 is 0 Å². The Hall–Kier alpha value is -2.57. The molecule has 2 heterocycles. The number of aliphatic carboxylic acids is 3. The molecule has 0 aromatic heterocycles. The van der Waals surface area contributed by atoms with Gasteiger partial charge in [-0.15, -0.1) is 0 Å². The molecule has 0 aromatic carbocycles. The standard InChI is InChI=1S/C18H28N4O8/c23-14-1-2-15(24)22(14)4-3-13-9-20(11-17(27)28)6-5-19(10-16(25)26)7-8-21(13)12-18(29)30/h13H,1-12H2,(H,25,26)(H,27,28)(H,29,30). The highest BCUT2D eigenvalue weighted by atomic mass is 16.4. The fraction of sp³-hybridized carbons (Fsp3) is 0.722. The van der Waals surface area contributed by atoms with Crippen LogP contribution in [0.4, 0.5) is 0 Å². The lowest BCUT2D eigenvalue weighted by atomic mass is 10.1.